The van der Waals surface area contributed by atoms with Gasteiger partial charge in [0.25, 0.3) is 0 Å². The van der Waals surface area contributed by atoms with Crippen LogP contribution in [0.3, 0.4) is 0 Å². The molecule has 3 rings (SSSR count). The van der Waals surface area contributed by atoms with Crippen molar-refractivity contribution in [2.24, 2.45) is 0 Å². The van der Waals surface area contributed by atoms with Crippen LogP contribution in [0.25, 0.3) is 6.08 Å². The Kier molecular flexibility index (Phi) is 8.23. The van der Waals surface area contributed by atoms with Crippen molar-refractivity contribution in [2.45, 2.75) is 13.8 Å². The predicted molar refractivity (Wildman–Crippen MR) is 136 cm³/mol. The first-order valence-electron chi connectivity index (χ1n) is 10.9. The molecule has 0 saturated carbocycles. The van der Waals surface area contributed by atoms with Gasteiger partial charge in [0, 0.05) is 37.0 Å². The molecule has 3 aromatic rings. The summed E-state index contributed by atoms with van der Waals surface area (Å²) in [5.74, 6) is 2.73. The van der Waals surface area contributed by atoms with Gasteiger partial charge in [-0.05, 0) is 87.1 Å². The van der Waals surface area contributed by atoms with E-state index in [1.807, 2.05) is 70.4 Å². The number of aromatic nitrogens is 1. The standard InChI is InChI=1S/C27H28N6O/c1-19-14-22(6-5-11-28)15-20(2)27(19)34-24-16-25(30-12-13-33(3)4)32-26(17-24)31-23-9-7-21(18-29)8-10-23/h5-10,14-17H,12-13H2,1-4H3,(H2,30,31,32)/b6-5+. The average Bonchev–Trinajstić information content (AvgIpc) is 2.80. The lowest BCUT2D eigenvalue weighted by molar-refractivity contribution is 0.425. The van der Waals surface area contributed by atoms with Crippen LogP contribution in [0.1, 0.15) is 22.3 Å². The SMILES string of the molecule is Cc1cc(/C=C/C#N)cc(C)c1Oc1cc(NCCN(C)C)nc(Nc2ccc(C#N)cc2)c1. The Bertz CT molecular complexity index is 1230. The molecule has 2 aromatic carbocycles. The minimum atomic E-state index is 0.598. The third-order valence-electron chi connectivity index (χ3n) is 5.00. The molecule has 0 aliphatic heterocycles. The van der Waals surface area contributed by atoms with Crippen molar-refractivity contribution in [2.75, 3.05) is 37.8 Å². The summed E-state index contributed by atoms with van der Waals surface area (Å²) >= 11 is 0. The number of nitrogens with zero attached hydrogens (tertiary/aromatic N) is 4. The highest BCUT2D eigenvalue weighted by Crippen LogP contribution is 2.33. The second kappa shape index (κ2) is 11.5. The molecule has 1 aromatic heterocycles. The third-order valence-corrected chi connectivity index (χ3v) is 5.00. The summed E-state index contributed by atoms with van der Waals surface area (Å²) in [7, 11) is 4.04. The number of hydrogen-bond acceptors (Lipinski definition) is 7. The minimum absolute atomic E-state index is 0.598. The summed E-state index contributed by atoms with van der Waals surface area (Å²) in [5, 5.41) is 24.5. The van der Waals surface area contributed by atoms with Gasteiger partial charge in [-0.1, -0.05) is 0 Å². The van der Waals surface area contributed by atoms with Gasteiger partial charge in [0.05, 0.1) is 17.7 Å². The Morgan fingerprint density at radius 3 is 2.29 bits per heavy atom. The molecule has 7 heteroatoms. The second-order valence-corrected chi connectivity index (χ2v) is 8.17. The van der Waals surface area contributed by atoms with E-state index in [0.29, 0.717) is 22.9 Å². The zero-order chi connectivity index (χ0) is 24.5. The maximum atomic E-state index is 9.03. The first kappa shape index (κ1) is 24.3. The van der Waals surface area contributed by atoms with Crippen LogP contribution in [-0.2, 0) is 0 Å². The molecule has 7 nitrogen and oxygen atoms in total. The molecule has 0 bridgehead atoms. The van der Waals surface area contributed by atoms with Crippen molar-refractivity contribution in [1.29, 1.82) is 10.5 Å². The minimum Gasteiger partial charge on any atom is -0.457 e. The molecule has 1 heterocycles. The van der Waals surface area contributed by atoms with E-state index >= 15 is 0 Å². The summed E-state index contributed by atoms with van der Waals surface area (Å²) in [6.45, 7) is 5.57. The molecule has 172 valence electrons. The summed E-state index contributed by atoms with van der Waals surface area (Å²) in [6, 6.07) is 19.0. The van der Waals surface area contributed by atoms with Gasteiger partial charge in [-0.2, -0.15) is 10.5 Å². The maximum absolute atomic E-state index is 9.03. The molecule has 0 amide bonds. The first-order valence-corrected chi connectivity index (χ1v) is 10.9. The van der Waals surface area contributed by atoms with Gasteiger partial charge in [0.2, 0.25) is 0 Å². The number of pyridine rings is 1. The Labute approximate surface area is 200 Å². The number of nitrogens with one attached hydrogen (secondary N) is 2. The Balaban J connectivity index is 1.90. The summed E-state index contributed by atoms with van der Waals surface area (Å²) in [4.78, 5) is 6.77. The topological polar surface area (TPSA) is 97.0 Å². The number of rotatable bonds is 9. The quantitative estimate of drug-likeness (QED) is 0.407. The fourth-order valence-corrected chi connectivity index (χ4v) is 3.39. The molecular formula is C27H28N6O. The zero-order valence-corrected chi connectivity index (χ0v) is 19.9. The lowest BCUT2D eigenvalue weighted by Crippen LogP contribution is -2.21. The summed E-state index contributed by atoms with van der Waals surface area (Å²) in [5.41, 5.74) is 4.31. The molecule has 0 spiro atoms. The number of aryl methyl sites for hydroxylation is 2. The molecule has 0 radical (unpaired) electrons. The number of nitriles is 2. The van der Waals surface area contributed by atoms with Gasteiger partial charge >= 0.3 is 0 Å². The van der Waals surface area contributed by atoms with Gasteiger partial charge in [0.15, 0.2) is 0 Å². The number of ether oxygens (including phenoxy) is 1. The highest BCUT2D eigenvalue weighted by Gasteiger charge is 2.11. The van der Waals surface area contributed by atoms with Crippen LogP contribution < -0.4 is 15.4 Å². The molecular weight excluding hydrogens is 424 g/mol. The monoisotopic (exact) mass is 452 g/mol. The van der Waals surface area contributed by atoms with Crippen molar-refractivity contribution in [3.05, 3.63) is 76.9 Å². The lowest BCUT2D eigenvalue weighted by atomic mass is 10.1. The molecule has 0 saturated heterocycles. The molecule has 0 fully saturated rings. The molecule has 2 N–H and O–H groups in total. The van der Waals surface area contributed by atoms with E-state index in [2.05, 4.69) is 26.6 Å². The third kappa shape index (κ3) is 6.83. The molecule has 0 aliphatic rings. The van der Waals surface area contributed by atoms with Gasteiger partial charge in [-0.25, -0.2) is 4.98 Å². The van der Waals surface area contributed by atoms with E-state index in [-0.39, 0.29) is 0 Å². The highest BCUT2D eigenvalue weighted by atomic mass is 16.5. The van der Waals surface area contributed by atoms with Gasteiger partial charge in [0.1, 0.15) is 23.1 Å². The maximum Gasteiger partial charge on any atom is 0.136 e. The number of likely N-dealkylation sites (N-methyl/N-ethyl adjacent to an activating group) is 1. The van der Waals surface area contributed by atoms with Crippen LogP contribution in [-0.4, -0.2) is 37.1 Å². The zero-order valence-electron chi connectivity index (χ0n) is 19.9. The van der Waals surface area contributed by atoms with Crippen molar-refractivity contribution < 1.29 is 4.74 Å². The smallest absolute Gasteiger partial charge is 0.136 e. The average molecular weight is 453 g/mol. The van der Waals surface area contributed by atoms with Crippen LogP contribution in [0.5, 0.6) is 11.5 Å². The van der Waals surface area contributed by atoms with Gasteiger partial charge in [-0.3, -0.25) is 0 Å². The van der Waals surface area contributed by atoms with Crippen molar-refractivity contribution in [1.82, 2.24) is 9.88 Å². The Morgan fingerprint density at radius 2 is 1.68 bits per heavy atom. The van der Waals surface area contributed by atoms with Crippen molar-refractivity contribution >= 4 is 23.4 Å². The van der Waals surface area contributed by atoms with Crippen molar-refractivity contribution in [3.63, 3.8) is 0 Å². The van der Waals surface area contributed by atoms with Crippen LogP contribution in [0.15, 0.2) is 54.6 Å². The predicted octanol–water partition coefficient (Wildman–Crippen LogP) is 5.62. The van der Waals surface area contributed by atoms with E-state index in [4.69, 9.17) is 15.3 Å². The molecule has 0 atom stereocenters. The number of anilines is 3. The van der Waals surface area contributed by atoms with Crippen molar-refractivity contribution in [3.8, 4) is 23.6 Å². The molecule has 0 unspecified atom stereocenters. The van der Waals surface area contributed by atoms with E-state index in [1.54, 1.807) is 18.2 Å². The van der Waals surface area contributed by atoms with Crippen LogP contribution in [0, 0.1) is 36.5 Å². The van der Waals surface area contributed by atoms with Gasteiger partial charge < -0.3 is 20.3 Å². The fourth-order valence-electron chi connectivity index (χ4n) is 3.39. The number of benzene rings is 2. The summed E-state index contributed by atoms with van der Waals surface area (Å²) < 4.78 is 6.32. The van der Waals surface area contributed by atoms with Crippen LogP contribution in [0.4, 0.5) is 17.3 Å². The fraction of sp³-hybridized carbons (Fsp3) is 0.222. The largest absolute Gasteiger partial charge is 0.457 e. The number of allylic oxidation sites excluding steroid dienone is 1. The Hall–Kier alpha value is -4.33. The van der Waals surface area contributed by atoms with E-state index in [1.165, 1.54) is 6.08 Å². The molecule has 34 heavy (non-hydrogen) atoms. The number of hydrogen-bond donors (Lipinski definition) is 2. The Morgan fingerprint density at radius 1 is 1.00 bits per heavy atom. The highest BCUT2D eigenvalue weighted by molar-refractivity contribution is 5.63. The van der Waals surface area contributed by atoms with Crippen LogP contribution in [0.2, 0.25) is 0 Å². The first-order chi connectivity index (χ1) is 16.4. The van der Waals surface area contributed by atoms with Gasteiger partial charge in [-0.15, -0.1) is 0 Å². The second-order valence-electron chi connectivity index (χ2n) is 8.17. The van der Waals surface area contributed by atoms with E-state index in [9.17, 15) is 0 Å². The van der Waals surface area contributed by atoms with Crippen LogP contribution >= 0.6 is 0 Å². The normalized spacial score (nSPS) is 10.7. The molecule has 0 aliphatic carbocycles. The lowest BCUT2D eigenvalue weighted by Gasteiger charge is -2.16. The van der Waals surface area contributed by atoms with E-state index in [0.717, 1.165) is 41.2 Å². The van der Waals surface area contributed by atoms with E-state index < -0.39 is 0 Å². The summed E-state index contributed by atoms with van der Waals surface area (Å²) in [6.07, 6.45) is 3.24.